The highest BCUT2D eigenvalue weighted by Gasteiger charge is 2.14. The second-order valence-electron chi connectivity index (χ2n) is 7.55. The topological polar surface area (TPSA) is 75.3 Å². The Bertz CT molecular complexity index is 787. The van der Waals surface area contributed by atoms with Gasteiger partial charge in [0, 0.05) is 25.9 Å². The number of nitrogens with zero attached hydrogens (tertiary/aromatic N) is 3. The molecule has 0 aliphatic heterocycles. The first-order chi connectivity index (χ1) is 13.1. The molecule has 0 fully saturated rings. The number of fused-ring (bicyclic) bond motifs is 1. The number of halogens is 1. The zero-order chi connectivity index (χ0) is 19.2. The number of guanidine groups is 1. The molecule has 154 valence electrons. The molecular weight excluding hydrogens is 465 g/mol. The van der Waals surface area contributed by atoms with E-state index in [1.165, 1.54) is 42.4 Å². The van der Waals surface area contributed by atoms with Gasteiger partial charge in [-0.2, -0.15) is 4.98 Å². The maximum Gasteiger partial charge on any atom is 0.228 e. The van der Waals surface area contributed by atoms with Crippen molar-refractivity contribution in [2.75, 3.05) is 13.6 Å². The maximum absolute atomic E-state index is 5.28. The molecule has 1 heterocycles. The fourth-order valence-corrected chi connectivity index (χ4v) is 3.40. The van der Waals surface area contributed by atoms with Crippen LogP contribution in [-0.4, -0.2) is 29.7 Å². The van der Waals surface area contributed by atoms with Crippen LogP contribution in [0.15, 0.2) is 27.7 Å². The molecule has 1 aromatic carbocycles. The first-order valence-corrected chi connectivity index (χ1v) is 9.98. The number of hydrogen-bond acceptors (Lipinski definition) is 4. The van der Waals surface area contributed by atoms with Gasteiger partial charge in [0.05, 0.1) is 6.04 Å². The van der Waals surface area contributed by atoms with Crippen LogP contribution in [0.4, 0.5) is 0 Å². The molecule has 2 N–H and O–H groups in total. The lowest BCUT2D eigenvalue weighted by Gasteiger charge is -2.21. The molecule has 0 amide bonds. The van der Waals surface area contributed by atoms with E-state index in [0.717, 1.165) is 11.8 Å². The molecule has 28 heavy (non-hydrogen) atoms. The van der Waals surface area contributed by atoms with Crippen molar-refractivity contribution in [2.24, 2.45) is 4.99 Å². The first-order valence-electron chi connectivity index (χ1n) is 9.98. The van der Waals surface area contributed by atoms with E-state index in [2.05, 4.69) is 64.7 Å². The molecule has 0 saturated carbocycles. The predicted molar refractivity (Wildman–Crippen MR) is 124 cm³/mol. The highest BCUT2D eigenvalue weighted by Crippen LogP contribution is 2.24. The van der Waals surface area contributed by atoms with Crippen LogP contribution in [0.5, 0.6) is 0 Å². The van der Waals surface area contributed by atoms with E-state index >= 15 is 0 Å². The number of aryl methyl sites for hydroxylation is 2. The average molecular weight is 497 g/mol. The first kappa shape index (κ1) is 22.6. The molecule has 0 radical (unpaired) electrons. The molecule has 1 aliphatic rings. The van der Waals surface area contributed by atoms with Crippen molar-refractivity contribution < 1.29 is 4.52 Å². The van der Waals surface area contributed by atoms with E-state index in [0.29, 0.717) is 18.9 Å². The van der Waals surface area contributed by atoms with Crippen molar-refractivity contribution in [3.05, 3.63) is 46.6 Å². The summed E-state index contributed by atoms with van der Waals surface area (Å²) in [5.41, 5.74) is 4.32. The van der Waals surface area contributed by atoms with Gasteiger partial charge in [-0.1, -0.05) is 37.2 Å². The predicted octanol–water partition coefficient (Wildman–Crippen LogP) is 4.16. The number of rotatable bonds is 6. The lowest BCUT2D eigenvalue weighted by Crippen LogP contribution is -2.39. The Morgan fingerprint density at radius 2 is 1.93 bits per heavy atom. The zero-order valence-electron chi connectivity index (χ0n) is 17.3. The van der Waals surface area contributed by atoms with E-state index < -0.39 is 0 Å². The van der Waals surface area contributed by atoms with Crippen LogP contribution < -0.4 is 10.6 Å². The highest BCUT2D eigenvalue weighted by atomic mass is 127. The molecular formula is C21H32IN5O. The summed E-state index contributed by atoms with van der Waals surface area (Å²) >= 11 is 0. The third-order valence-electron chi connectivity index (χ3n) is 5.08. The molecule has 0 spiro atoms. The minimum atomic E-state index is 0. The molecule has 1 aliphatic carbocycles. The number of aliphatic imine (C=N–C) groups is 1. The van der Waals surface area contributed by atoms with Crippen LogP contribution in [0.25, 0.3) is 0 Å². The standard InChI is InChI=1S/C21H31N5O.HI/c1-14(2)20-25-19(27-26-20)11-12-23-21(22-4)24-15(3)17-10-9-16-7-5-6-8-18(16)13-17;/h9-10,13-15H,5-8,11-12H2,1-4H3,(H2,22,23,24);1H. The molecule has 1 atom stereocenters. The summed E-state index contributed by atoms with van der Waals surface area (Å²) in [4.78, 5) is 8.74. The molecule has 1 unspecified atom stereocenters. The Morgan fingerprint density at radius 1 is 1.18 bits per heavy atom. The molecule has 6 nitrogen and oxygen atoms in total. The summed E-state index contributed by atoms with van der Waals surface area (Å²) in [5, 5.41) is 10.8. The highest BCUT2D eigenvalue weighted by molar-refractivity contribution is 14.0. The maximum atomic E-state index is 5.28. The number of nitrogens with one attached hydrogen (secondary N) is 2. The van der Waals surface area contributed by atoms with Gasteiger partial charge in [-0.15, -0.1) is 24.0 Å². The van der Waals surface area contributed by atoms with Gasteiger partial charge in [0.1, 0.15) is 0 Å². The molecule has 1 aromatic heterocycles. The van der Waals surface area contributed by atoms with Crippen LogP contribution in [0.1, 0.15) is 74.0 Å². The number of hydrogen-bond donors (Lipinski definition) is 2. The van der Waals surface area contributed by atoms with Crippen molar-refractivity contribution in [1.82, 2.24) is 20.8 Å². The largest absolute Gasteiger partial charge is 0.356 e. The van der Waals surface area contributed by atoms with Gasteiger partial charge < -0.3 is 15.2 Å². The average Bonchev–Trinajstić information content (AvgIpc) is 3.16. The van der Waals surface area contributed by atoms with Crippen LogP contribution in [0.3, 0.4) is 0 Å². The molecule has 0 saturated heterocycles. The lowest BCUT2D eigenvalue weighted by atomic mass is 9.89. The fraction of sp³-hybridized carbons (Fsp3) is 0.571. The second-order valence-corrected chi connectivity index (χ2v) is 7.55. The molecule has 2 aromatic rings. The Balaban J connectivity index is 0.00000280. The van der Waals surface area contributed by atoms with Gasteiger partial charge >= 0.3 is 0 Å². The van der Waals surface area contributed by atoms with Crippen LogP contribution in [0, 0.1) is 0 Å². The third-order valence-corrected chi connectivity index (χ3v) is 5.08. The summed E-state index contributed by atoms with van der Waals surface area (Å²) < 4.78 is 5.28. The SMILES string of the molecule is CN=C(NCCc1nc(C(C)C)no1)NC(C)c1ccc2c(c1)CCCC2.I. The van der Waals surface area contributed by atoms with Gasteiger partial charge in [-0.3, -0.25) is 4.99 Å². The normalized spacial score (nSPS) is 15.0. The van der Waals surface area contributed by atoms with E-state index in [1.54, 1.807) is 7.05 Å². The van der Waals surface area contributed by atoms with E-state index in [4.69, 9.17) is 4.52 Å². The lowest BCUT2D eigenvalue weighted by molar-refractivity contribution is 0.371. The van der Waals surface area contributed by atoms with Gasteiger partial charge in [0.15, 0.2) is 11.8 Å². The van der Waals surface area contributed by atoms with E-state index in [9.17, 15) is 0 Å². The van der Waals surface area contributed by atoms with Crippen LogP contribution >= 0.6 is 24.0 Å². The van der Waals surface area contributed by atoms with Crippen molar-refractivity contribution >= 4 is 29.9 Å². The number of benzene rings is 1. The summed E-state index contributed by atoms with van der Waals surface area (Å²) in [5.74, 6) is 2.48. The van der Waals surface area contributed by atoms with Gasteiger partial charge in [-0.25, -0.2) is 0 Å². The van der Waals surface area contributed by atoms with Gasteiger partial charge in [-0.05, 0) is 49.3 Å². The van der Waals surface area contributed by atoms with Crippen molar-refractivity contribution in [1.29, 1.82) is 0 Å². The fourth-order valence-electron chi connectivity index (χ4n) is 3.40. The van der Waals surface area contributed by atoms with Crippen molar-refractivity contribution in [3.8, 4) is 0 Å². The van der Waals surface area contributed by atoms with E-state index in [1.807, 2.05) is 0 Å². The van der Waals surface area contributed by atoms with Crippen LogP contribution in [0.2, 0.25) is 0 Å². The minimum Gasteiger partial charge on any atom is -0.356 e. The Morgan fingerprint density at radius 3 is 2.61 bits per heavy atom. The number of aromatic nitrogens is 2. The summed E-state index contributed by atoms with van der Waals surface area (Å²) in [7, 11) is 1.79. The van der Waals surface area contributed by atoms with Gasteiger partial charge in [0.2, 0.25) is 5.89 Å². The Kier molecular flexibility index (Phi) is 8.72. The zero-order valence-corrected chi connectivity index (χ0v) is 19.6. The quantitative estimate of drug-likeness (QED) is 0.356. The smallest absolute Gasteiger partial charge is 0.228 e. The monoisotopic (exact) mass is 497 g/mol. The Labute approximate surface area is 185 Å². The molecule has 3 rings (SSSR count). The summed E-state index contributed by atoms with van der Waals surface area (Å²) in [6.07, 6.45) is 5.71. The van der Waals surface area contributed by atoms with E-state index in [-0.39, 0.29) is 35.9 Å². The Hall–Kier alpha value is -1.64. The molecule has 0 bridgehead atoms. The summed E-state index contributed by atoms with van der Waals surface area (Å²) in [6, 6.07) is 7.08. The van der Waals surface area contributed by atoms with Gasteiger partial charge in [0.25, 0.3) is 0 Å². The second kappa shape index (κ2) is 10.8. The third kappa shape index (κ3) is 5.93. The van der Waals surface area contributed by atoms with Crippen molar-refractivity contribution in [3.63, 3.8) is 0 Å². The van der Waals surface area contributed by atoms with Crippen molar-refractivity contribution in [2.45, 2.75) is 64.8 Å². The summed E-state index contributed by atoms with van der Waals surface area (Å²) in [6.45, 7) is 6.97. The minimum absolute atomic E-state index is 0. The van der Waals surface area contributed by atoms with Crippen LogP contribution in [-0.2, 0) is 19.3 Å². The molecule has 7 heteroatoms.